The van der Waals surface area contributed by atoms with Crippen LogP contribution in [0.2, 0.25) is 0 Å². The summed E-state index contributed by atoms with van der Waals surface area (Å²) < 4.78 is 4.35. The van der Waals surface area contributed by atoms with Crippen molar-refractivity contribution in [3.8, 4) is 0 Å². The number of nitrogens with two attached hydrogens (primary N) is 1. The zero-order valence-corrected chi connectivity index (χ0v) is 7.90. The van der Waals surface area contributed by atoms with Gasteiger partial charge in [0.15, 0.2) is 0 Å². The minimum atomic E-state index is -0.204. The van der Waals surface area contributed by atoms with Gasteiger partial charge in [0, 0.05) is 4.88 Å². The van der Waals surface area contributed by atoms with Crippen molar-refractivity contribution in [2.24, 2.45) is 5.73 Å². The Labute approximate surface area is 76.3 Å². The van der Waals surface area contributed by atoms with Crippen LogP contribution in [0.15, 0.2) is 18.2 Å². The van der Waals surface area contributed by atoms with Crippen molar-refractivity contribution in [1.82, 2.24) is 4.37 Å². The Morgan fingerprint density at radius 2 is 2.17 bits per heavy atom. The molecule has 0 radical (unpaired) electrons. The van der Waals surface area contributed by atoms with Gasteiger partial charge in [-0.2, -0.15) is 4.37 Å². The summed E-state index contributed by atoms with van der Waals surface area (Å²) in [6.07, 6.45) is 6.12. The molecule has 0 aliphatic heterocycles. The number of hydrogen-bond acceptors (Lipinski definition) is 3. The zero-order valence-electron chi connectivity index (χ0n) is 7.08. The highest BCUT2D eigenvalue weighted by molar-refractivity contribution is 7.05. The first-order chi connectivity index (χ1) is 5.71. The van der Waals surface area contributed by atoms with Gasteiger partial charge in [-0.3, -0.25) is 0 Å². The predicted octanol–water partition coefficient (Wildman–Crippen LogP) is 1.96. The van der Waals surface area contributed by atoms with E-state index in [9.17, 15) is 0 Å². The highest BCUT2D eigenvalue weighted by Crippen LogP contribution is 2.31. The third-order valence-electron chi connectivity index (χ3n) is 2.27. The molecule has 12 heavy (non-hydrogen) atoms. The number of aromatic nitrogens is 1. The lowest BCUT2D eigenvalue weighted by Gasteiger charge is -2.20. The van der Waals surface area contributed by atoms with Gasteiger partial charge < -0.3 is 5.73 Å². The van der Waals surface area contributed by atoms with Crippen LogP contribution in [0.25, 0.3) is 0 Å². The Balaban J connectivity index is 2.30. The lowest BCUT2D eigenvalue weighted by atomic mass is 9.94. The minimum Gasteiger partial charge on any atom is -0.320 e. The quantitative estimate of drug-likeness (QED) is 0.671. The molecule has 0 bridgehead atoms. The molecule has 1 aliphatic rings. The fraction of sp³-hybridized carbons (Fsp3) is 0.444. The normalized spacial score (nSPS) is 20.2. The van der Waals surface area contributed by atoms with Crippen LogP contribution in [0.5, 0.6) is 0 Å². The van der Waals surface area contributed by atoms with Crippen LogP contribution in [-0.4, -0.2) is 4.37 Å². The Kier molecular flexibility index (Phi) is 1.77. The van der Waals surface area contributed by atoms with Crippen LogP contribution in [0.3, 0.4) is 0 Å². The van der Waals surface area contributed by atoms with Gasteiger partial charge in [0.1, 0.15) is 0 Å². The second-order valence-corrected chi connectivity index (χ2v) is 4.37. The van der Waals surface area contributed by atoms with E-state index >= 15 is 0 Å². The van der Waals surface area contributed by atoms with Crippen molar-refractivity contribution < 1.29 is 0 Å². The van der Waals surface area contributed by atoms with Gasteiger partial charge in [0.05, 0.1) is 11.2 Å². The number of rotatable bonds is 1. The summed E-state index contributed by atoms with van der Waals surface area (Å²) >= 11 is 1.53. The summed E-state index contributed by atoms with van der Waals surface area (Å²) in [4.78, 5) is 1.24. The van der Waals surface area contributed by atoms with Crippen molar-refractivity contribution >= 4 is 11.5 Å². The minimum absolute atomic E-state index is 0.204. The molecule has 0 spiro atoms. The zero-order chi connectivity index (χ0) is 8.60. The first kappa shape index (κ1) is 7.95. The van der Waals surface area contributed by atoms with Gasteiger partial charge >= 0.3 is 0 Å². The van der Waals surface area contributed by atoms with Crippen molar-refractivity contribution in [2.75, 3.05) is 0 Å². The average molecular weight is 180 g/mol. The molecule has 1 aromatic heterocycles. The maximum Gasteiger partial charge on any atom is 0.0749 e. The molecule has 1 aromatic rings. The van der Waals surface area contributed by atoms with E-state index in [1.807, 2.05) is 0 Å². The SMILES string of the molecule is Cc1cc(C2(N)CC=CC2)ns1. The molecule has 0 atom stereocenters. The van der Waals surface area contributed by atoms with E-state index in [4.69, 9.17) is 5.73 Å². The van der Waals surface area contributed by atoms with Gasteiger partial charge in [-0.25, -0.2) is 0 Å². The molecular formula is C9H12N2S. The molecule has 2 nitrogen and oxygen atoms in total. The molecule has 0 unspecified atom stereocenters. The second kappa shape index (κ2) is 2.68. The number of nitrogens with zero attached hydrogens (tertiary/aromatic N) is 1. The highest BCUT2D eigenvalue weighted by atomic mass is 32.1. The predicted molar refractivity (Wildman–Crippen MR) is 51.1 cm³/mol. The summed E-state index contributed by atoms with van der Waals surface area (Å²) in [5.74, 6) is 0. The molecule has 1 aliphatic carbocycles. The smallest absolute Gasteiger partial charge is 0.0749 e. The second-order valence-electron chi connectivity index (χ2n) is 3.36. The molecule has 2 rings (SSSR count). The summed E-state index contributed by atoms with van der Waals surface area (Å²) in [5, 5.41) is 0. The highest BCUT2D eigenvalue weighted by Gasteiger charge is 2.30. The largest absolute Gasteiger partial charge is 0.320 e. The van der Waals surface area contributed by atoms with E-state index in [1.54, 1.807) is 0 Å². The van der Waals surface area contributed by atoms with E-state index in [0.29, 0.717) is 0 Å². The van der Waals surface area contributed by atoms with Gasteiger partial charge in [0.2, 0.25) is 0 Å². The van der Waals surface area contributed by atoms with E-state index < -0.39 is 0 Å². The Morgan fingerprint density at radius 1 is 1.50 bits per heavy atom. The van der Waals surface area contributed by atoms with Crippen molar-refractivity contribution in [2.45, 2.75) is 25.3 Å². The molecule has 0 saturated heterocycles. The number of hydrogen-bond donors (Lipinski definition) is 1. The first-order valence-electron chi connectivity index (χ1n) is 4.08. The van der Waals surface area contributed by atoms with E-state index in [-0.39, 0.29) is 5.54 Å². The molecule has 64 valence electrons. The van der Waals surface area contributed by atoms with Crippen LogP contribution < -0.4 is 5.73 Å². The van der Waals surface area contributed by atoms with E-state index in [1.165, 1.54) is 16.4 Å². The molecule has 0 fully saturated rings. The van der Waals surface area contributed by atoms with Crippen molar-refractivity contribution in [1.29, 1.82) is 0 Å². The first-order valence-corrected chi connectivity index (χ1v) is 4.86. The van der Waals surface area contributed by atoms with Gasteiger partial charge in [-0.1, -0.05) is 12.2 Å². The third kappa shape index (κ3) is 1.19. The summed E-state index contributed by atoms with van der Waals surface area (Å²) in [7, 11) is 0. The molecule has 0 aromatic carbocycles. The molecular weight excluding hydrogens is 168 g/mol. The maximum absolute atomic E-state index is 6.18. The number of aryl methyl sites for hydroxylation is 1. The molecule has 1 heterocycles. The summed E-state index contributed by atoms with van der Waals surface area (Å²) in [5.41, 5.74) is 7.02. The molecule has 0 amide bonds. The lowest BCUT2D eigenvalue weighted by molar-refractivity contribution is 0.469. The van der Waals surface area contributed by atoms with Gasteiger partial charge in [-0.05, 0) is 37.4 Å². The van der Waals surface area contributed by atoms with Crippen LogP contribution in [0, 0.1) is 6.92 Å². The average Bonchev–Trinajstić information content (AvgIpc) is 2.59. The fourth-order valence-electron chi connectivity index (χ4n) is 1.48. The van der Waals surface area contributed by atoms with Crippen LogP contribution in [0.4, 0.5) is 0 Å². The molecule has 2 N–H and O–H groups in total. The van der Waals surface area contributed by atoms with Crippen LogP contribution in [-0.2, 0) is 5.54 Å². The standard InChI is InChI=1S/C9H12N2S/c1-7-6-8(11-12-7)9(10)4-2-3-5-9/h2-3,6H,4-5,10H2,1H3. The maximum atomic E-state index is 6.18. The third-order valence-corrected chi connectivity index (χ3v) is 2.96. The Bertz CT molecular complexity index is 306. The topological polar surface area (TPSA) is 38.9 Å². The van der Waals surface area contributed by atoms with Crippen LogP contribution in [0.1, 0.15) is 23.4 Å². The van der Waals surface area contributed by atoms with Crippen molar-refractivity contribution in [3.63, 3.8) is 0 Å². The fourth-order valence-corrected chi connectivity index (χ4v) is 2.12. The lowest BCUT2D eigenvalue weighted by Crippen LogP contribution is -2.33. The van der Waals surface area contributed by atoms with Crippen molar-refractivity contribution in [3.05, 3.63) is 28.8 Å². The van der Waals surface area contributed by atoms with Crippen LogP contribution >= 0.6 is 11.5 Å². The van der Waals surface area contributed by atoms with E-state index in [0.717, 1.165) is 18.5 Å². The molecule has 0 saturated carbocycles. The monoisotopic (exact) mass is 180 g/mol. The molecule has 3 heteroatoms. The summed E-state index contributed by atoms with van der Waals surface area (Å²) in [6, 6.07) is 2.09. The Morgan fingerprint density at radius 3 is 2.67 bits per heavy atom. The Hall–Kier alpha value is -0.670. The summed E-state index contributed by atoms with van der Waals surface area (Å²) in [6.45, 7) is 2.06. The van der Waals surface area contributed by atoms with E-state index in [2.05, 4.69) is 29.5 Å². The van der Waals surface area contributed by atoms with Gasteiger partial charge in [-0.15, -0.1) is 0 Å². The van der Waals surface area contributed by atoms with Gasteiger partial charge in [0.25, 0.3) is 0 Å².